The number of rotatable bonds is 5. The molecule has 2 aromatic heterocycles. The number of thiophene rings is 1. The van der Waals surface area contributed by atoms with Crippen molar-refractivity contribution >= 4 is 33.2 Å². The molecule has 0 spiro atoms. The second-order valence-electron chi connectivity index (χ2n) is 5.97. The Morgan fingerprint density at radius 2 is 1.96 bits per heavy atom. The predicted octanol–water partition coefficient (Wildman–Crippen LogP) is 3.70. The lowest BCUT2D eigenvalue weighted by molar-refractivity contribution is -0.131. The second kappa shape index (κ2) is 7.97. The van der Waals surface area contributed by atoms with Crippen LogP contribution in [0.1, 0.15) is 10.4 Å². The highest BCUT2D eigenvalue weighted by molar-refractivity contribution is 9.10. The third-order valence-corrected chi connectivity index (χ3v) is 5.73. The van der Waals surface area contributed by atoms with Gasteiger partial charge in [-0.15, -0.1) is 11.3 Å². The number of nitrogens with zero attached hydrogens (tertiary/aromatic N) is 3. The molecule has 0 bridgehead atoms. The first-order valence-corrected chi connectivity index (χ1v) is 9.67. The number of aryl methyl sites for hydroxylation is 1. The van der Waals surface area contributed by atoms with Crippen LogP contribution < -0.4 is 5.56 Å². The summed E-state index contributed by atoms with van der Waals surface area (Å²) in [7, 11) is 1.72. The van der Waals surface area contributed by atoms with E-state index in [1.807, 2.05) is 43.3 Å². The van der Waals surface area contributed by atoms with Crippen LogP contribution in [-0.4, -0.2) is 27.6 Å². The van der Waals surface area contributed by atoms with E-state index in [2.05, 4.69) is 21.0 Å². The van der Waals surface area contributed by atoms with Gasteiger partial charge in [-0.25, -0.2) is 4.68 Å². The van der Waals surface area contributed by atoms with Gasteiger partial charge in [0, 0.05) is 29.0 Å². The summed E-state index contributed by atoms with van der Waals surface area (Å²) in [5, 5.41) is 4.36. The van der Waals surface area contributed by atoms with E-state index in [-0.39, 0.29) is 18.0 Å². The van der Waals surface area contributed by atoms with Gasteiger partial charge in [0.1, 0.15) is 12.2 Å². The van der Waals surface area contributed by atoms with Gasteiger partial charge in [-0.05, 0) is 36.8 Å². The molecule has 0 saturated carbocycles. The molecule has 3 aromatic rings. The molecule has 3 rings (SSSR count). The summed E-state index contributed by atoms with van der Waals surface area (Å²) < 4.78 is 2.17. The molecule has 0 N–H and O–H groups in total. The van der Waals surface area contributed by atoms with Gasteiger partial charge in [-0.3, -0.25) is 9.59 Å². The molecule has 1 aromatic carbocycles. The molecule has 0 fully saturated rings. The zero-order valence-corrected chi connectivity index (χ0v) is 16.9. The number of carbonyl (C=O) groups excluding carboxylic acids is 1. The number of halogens is 1. The van der Waals surface area contributed by atoms with Crippen LogP contribution in [0.4, 0.5) is 0 Å². The van der Waals surface area contributed by atoms with Gasteiger partial charge in [-0.2, -0.15) is 5.10 Å². The summed E-state index contributed by atoms with van der Waals surface area (Å²) >= 11 is 5.09. The van der Waals surface area contributed by atoms with Crippen LogP contribution in [0.3, 0.4) is 0 Å². The molecular formula is C19H18BrN3O2S. The van der Waals surface area contributed by atoms with Gasteiger partial charge >= 0.3 is 0 Å². The summed E-state index contributed by atoms with van der Waals surface area (Å²) in [6.07, 6.45) is 0. The predicted molar refractivity (Wildman–Crippen MR) is 107 cm³/mol. The molecule has 2 heterocycles. The van der Waals surface area contributed by atoms with Crippen molar-refractivity contribution in [2.24, 2.45) is 0 Å². The Morgan fingerprint density at radius 1 is 1.19 bits per heavy atom. The Bertz CT molecular complexity index is 996. The van der Waals surface area contributed by atoms with Gasteiger partial charge in [0.15, 0.2) is 0 Å². The van der Waals surface area contributed by atoms with E-state index < -0.39 is 0 Å². The van der Waals surface area contributed by atoms with E-state index in [1.165, 1.54) is 15.6 Å². The number of likely N-dealkylation sites (N-methyl/N-ethyl adjacent to an activating group) is 1. The van der Waals surface area contributed by atoms with E-state index in [4.69, 9.17) is 0 Å². The topological polar surface area (TPSA) is 55.2 Å². The average Bonchev–Trinajstić information content (AvgIpc) is 3.05. The molecular weight excluding hydrogens is 414 g/mol. The Kier molecular flexibility index (Phi) is 5.68. The zero-order valence-electron chi connectivity index (χ0n) is 14.5. The van der Waals surface area contributed by atoms with Crippen molar-refractivity contribution in [2.75, 3.05) is 7.05 Å². The fourth-order valence-electron chi connectivity index (χ4n) is 2.48. The van der Waals surface area contributed by atoms with Crippen molar-refractivity contribution in [3.63, 3.8) is 0 Å². The maximum absolute atomic E-state index is 12.5. The molecule has 0 saturated heterocycles. The first-order chi connectivity index (χ1) is 12.4. The number of hydrogen-bond donors (Lipinski definition) is 0. The minimum atomic E-state index is -0.287. The quantitative estimate of drug-likeness (QED) is 0.618. The Hall–Kier alpha value is -2.25. The van der Waals surface area contributed by atoms with Crippen molar-refractivity contribution < 1.29 is 4.79 Å². The normalized spacial score (nSPS) is 10.7. The SMILES string of the molecule is Cc1ccc(-c2ccc(=O)n(CC(=O)N(C)Cc3ccccc3Br)n2)s1. The Morgan fingerprint density at radius 3 is 2.65 bits per heavy atom. The summed E-state index contributed by atoms with van der Waals surface area (Å²) in [5.41, 5.74) is 1.42. The second-order valence-corrected chi connectivity index (χ2v) is 8.11. The lowest BCUT2D eigenvalue weighted by Gasteiger charge is -2.18. The van der Waals surface area contributed by atoms with Crippen LogP contribution in [0, 0.1) is 6.92 Å². The van der Waals surface area contributed by atoms with Gasteiger partial charge in [-0.1, -0.05) is 34.1 Å². The lowest BCUT2D eigenvalue weighted by Crippen LogP contribution is -2.34. The van der Waals surface area contributed by atoms with E-state index in [9.17, 15) is 9.59 Å². The number of aromatic nitrogens is 2. The first-order valence-electron chi connectivity index (χ1n) is 8.06. The number of carbonyl (C=O) groups is 1. The standard InChI is InChI=1S/C19H18BrN3O2S/c1-13-7-9-17(26-13)16-8-10-18(24)23(21-16)12-19(25)22(2)11-14-5-3-4-6-15(14)20/h3-10H,11-12H2,1-2H3. The smallest absolute Gasteiger partial charge is 0.267 e. The molecule has 5 nitrogen and oxygen atoms in total. The summed E-state index contributed by atoms with van der Waals surface area (Å²) in [4.78, 5) is 28.4. The van der Waals surface area contributed by atoms with Crippen molar-refractivity contribution in [3.05, 3.63) is 73.8 Å². The van der Waals surface area contributed by atoms with Crippen LogP contribution in [0.2, 0.25) is 0 Å². The molecule has 0 radical (unpaired) electrons. The fraction of sp³-hybridized carbons (Fsp3) is 0.211. The van der Waals surface area contributed by atoms with Crippen LogP contribution in [-0.2, 0) is 17.9 Å². The largest absolute Gasteiger partial charge is 0.340 e. The van der Waals surface area contributed by atoms with Crippen molar-refractivity contribution in [1.29, 1.82) is 0 Å². The molecule has 134 valence electrons. The highest BCUT2D eigenvalue weighted by Crippen LogP contribution is 2.25. The van der Waals surface area contributed by atoms with E-state index >= 15 is 0 Å². The minimum Gasteiger partial charge on any atom is -0.340 e. The van der Waals surface area contributed by atoms with Crippen LogP contribution in [0.25, 0.3) is 10.6 Å². The van der Waals surface area contributed by atoms with E-state index in [0.29, 0.717) is 12.2 Å². The summed E-state index contributed by atoms with van der Waals surface area (Å²) in [5.74, 6) is -0.171. The van der Waals surface area contributed by atoms with Crippen LogP contribution in [0.5, 0.6) is 0 Å². The third-order valence-electron chi connectivity index (χ3n) is 3.94. The summed E-state index contributed by atoms with van der Waals surface area (Å²) in [6.45, 7) is 2.39. The van der Waals surface area contributed by atoms with Gasteiger partial charge in [0.25, 0.3) is 5.56 Å². The first kappa shape index (κ1) is 18.5. The zero-order chi connectivity index (χ0) is 18.7. The van der Waals surface area contributed by atoms with Gasteiger partial charge < -0.3 is 4.90 Å². The molecule has 0 aliphatic rings. The minimum absolute atomic E-state index is 0.0853. The van der Waals surface area contributed by atoms with E-state index in [0.717, 1.165) is 14.9 Å². The van der Waals surface area contributed by atoms with Crippen molar-refractivity contribution in [3.8, 4) is 10.6 Å². The van der Waals surface area contributed by atoms with Gasteiger partial charge in [0.2, 0.25) is 5.91 Å². The molecule has 0 aliphatic heterocycles. The average molecular weight is 432 g/mol. The molecule has 0 aliphatic carbocycles. The summed E-state index contributed by atoms with van der Waals surface area (Å²) in [6, 6.07) is 14.9. The van der Waals surface area contributed by atoms with Crippen LogP contribution >= 0.6 is 27.3 Å². The molecule has 7 heteroatoms. The number of amides is 1. The van der Waals surface area contributed by atoms with Crippen LogP contribution in [0.15, 0.2) is 57.8 Å². The third kappa shape index (κ3) is 4.28. The molecule has 0 atom stereocenters. The monoisotopic (exact) mass is 431 g/mol. The number of benzene rings is 1. The fourth-order valence-corrected chi connectivity index (χ4v) is 3.73. The van der Waals surface area contributed by atoms with Crippen molar-refractivity contribution in [2.45, 2.75) is 20.0 Å². The Balaban J connectivity index is 1.76. The lowest BCUT2D eigenvalue weighted by atomic mass is 10.2. The molecule has 26 heavy (non-hydrogen) atoms. The number of hydrogen-bond acceptors (Lipinski definition) is 4. The van der Waals surface area contributed by atoms with Gasteiger partial charge in [0.05, 0.1) is 4.88 Å². The maximum Gasteiger partial charge on any atom is 0.267 e. The highest BCUT2D eigenvalue weighted by Gasteiger charge is 2.14. The molecule has 1 amide bonds. The molecule has 0 unspecified atom stereocenters. The highest BCUT2D eigenvalue weighted by atomic mass is 79.9. The van der Waals surface area contributed by atoms with E-state index in [1.54, 1.807) is 29.4 Å². The maximum atomic E-state index is 12.5. The van der Waals surface area contributed by atoms with Crippen molar-refractivity contribution in [1.82, 2.24) is 14.7 Å². The Labute approximate surface area is 164 Å².